The largest absolute Gasteiger partial charge is 0.352 e. The first-order valence-corrected chi connectivity index (χ1v) is 8.20. The minimum absolute atomic E-state index is 0.0333. The number of hydrogen-bond acceptors (Lipinski definition) is 2. The number of benzene rings is 1. The summed E-state index contributed by atoms with van der Waals surface area (Å²) in [6.07, 6.45) is 4.74. The van der Waals surface area contributed by atoms with Crippen LogP contribution in [0, 0.1) is 13.8 Å². The van der Waals surface area contributed by atoms with Crippen molar-refractivity contribution in [3.8, 4) is 0 Å². The Hall–Kier alpha value is -1.84. The first-order chi connectivity index (χ1) is 10.6. The van der Waals surface area contributed by atoms with Crippen molar-refractivity contribution in [2.24, 2.45) is 0 Å². The lowest BCUT2D eigenvalue weighted by Crippen LogP contribution is -2.34. The third-order valence-corrected chi connectivity index (χ3v) is 4.05. The summed E-state index contributed by atoms with van der Waals surface area (Å²) in [6.45, 7) is 6.20. The van der Waals surface area contributed by atoms with E-state index < -0.39 is 0 Å². The summed E-state index contributed by atoms with van der Waals surface area (Å²) in [5.74, 6) is 0.229. The number of nitrogens with one attached hydrogen (secondary N) is 1. The van der Waals surface area contributed by atoms with Gasteiger partial charge in [0.05, 0.1) is 0 Å². The molecule has 1 aromatic carbocycles. The van der Waals surface area contributed by atoms with E-state index in [1.807, 2.05) is 30.9 Å². The number of likely N-dealkylation sites (tertiary alicyclic amines) is 1. The molecule has 0 unspecified atom stereocenters. The van der Waals surface area contributed by atoms with E-state index in [1.54, 1.807) is 0 Å². The normalized spacial score (nSPS) is 15.5. The molecule has 0 bridgehead atoms. The Labute approximate surface area is 132 Å². The highest BCUT2D eigenvalue weighted by Crippen LogP contribution is 2.11. The maximum absolute atomic E-state index is 12.1. The van der Waals surface area contributed by atoms with E-state index in [-0.39, 0.29) is 11.8 Å². The van der Waals surface area contributed by atoms with E-state index >= 15 is 0 Å². The van der Waals surface area contributed by atoms with Crippen molar-refractivity contribution in [3.63, 3.8) is 0 Å². The van der Waals surface area contributed by atoms with Gasteiger partial charge in [-0.1, -0.05) is 23.6 Å². The van der Waals surface area contributed by atoms with E-state index in [4.69, 9.17) is 0 Å². The van der Waals surface area contributed by atoms with Crippen LogP contribution in [0.5, 0.6) is 0 Å². The molecule has 1 N–H and O–H groups in total. The third-order valence-electron chi connectivity index (χ3n) is 4.05. The maximum Gasteiger partial charge on any atom is 0.251 e. The molecular weight excluding hydrogens is 276 g/mol. The Bertz CT molecular complexity index is 520. The van der Waals surface area contributed by atoms with Crippen molar-refractivity contribution in [2.75, 3.05) is 19.6 Å². The van der Waals surface area contributed by atoms with Gasteiger partial charge >= 0.3 is 0 Å². The summed E-state index contributed by atoms with van der Waals surface area (Å²) in [5, 5.41) is 2.95. The number of amides is 2. The number of carbonyl (C=O) groups excluding carboxylic acids is 2. The molecule has 1 saturated heterocycles. The van der Waals surface area contributed by atoms with E-state index in [2.05, 4.69) is 11.4 Å². The maximum atomic E-state index is 12.1. The quantitative estimate of drug-likeness (QED) is 0.850. The van der Waals surface area contributed by atoms with Crippen molar-refractivity contribution >= 4 is 11.8 Å². The van der Waals surface area contributed by atoms with E-state index in [1.165, 1.54) is 0 Å². The number of nitrogens with zero attached hydrogens (tertiary/aromatic N) is 1. The van der Waals surface area contributed by atoms with Gasteiger partial charge in [-0.25, -0.2) is 0 Å². The van der Waals surface area contributed by atoms with Gasteiger partial charge < -0.3 is 10.2 Å². The van der Waals surface area contributed by atoms with Crippen LogP contribution >= 0.6 is 0 Å². The second kappa shape index (κ2) is 7.97. The zero-order valence-electron chi connectivity index (χ0n) is 13.7. The molecule has 1 fully saturated rings. The van der Waals surface area contributed by atoms with Gasteiger partial charge in [0.1, 0.15) is 0 Å². The van der Waals surface area contributed by atoms with Crippen molar-refractivity contribution in [1.29, 1.82) is 0 Å². The molecule has 120 valence electrons. The molecule has 0 spiro atoms. The molecule has 4 heteroatoms. The van der Waals surface area contributed by atoms with Gasteiger partial charge in [-0.3, -0.25) is 9.59 Å². The molecule has 4 nitrogen and oxygen atoms in total. The van der Waals surface area contributed by atoms with E-state index in [9.17, 15) is 9.59 Å². The van der Waals surface area contributed by atoms with Crippen LogP contribution in [0.4, 0.5) is 0 Å². The van der Waals surface area contributed by atoms with Gasteiger partial charge in [-0.15, -0.1) is 0 Å². The smallest absolute Gasteiger partial charge is 0.251 e. The second-order valence-corrected chi connectivity index (χ2v) is 6.18. The van der Waals surface area contributed by atoms with Gasteiger partial charge in [0.2, 0.25) is 5.91 Å². The molecule has 1 aliphatic rings. The van der Waals surface area contributed by atoms with Crippen LogP contribution in [0.1, 0.15) is 53.6 Å². The lowest BCUT2D eigenvalue weighted by molar-refractivity contribution is -0.130. The lowest BCUT2D eigenvalue weighted by atomic mass is 10.1. The van der Waals surface area contributed by atoms with Crippen molar-refractivity contribution in [1.82, 2.24) is 10.2 Å². The van der Waals surface area contributed by atoms with Crippen LogP contribution in [-0.2, 0) is 4.79 Å². The van der Waals surface area contributed by atoms with Gasteiger partial charge in [0, 0.05) is 31.6 Å². The molecule has 1 aromatic rings. The molecule has 1 heterocycles. The minimum atomic E-state index is -0.0333. The molecule has 0 atom stereocenters. The molecule has 0 aliphatic carbocycles. The number of aryl methyl sites for hydroxylation is 2. The summed E-state index contributed by atoms with van der Waals surface area (Å²) in [7, 11) is 0. The van der Waals surface area contributed by atoms with Crippen molar-refractivity contribution in [3.05, 3.63) is 34.9 Å². The Balaban J connectivity index is 1.76. The Morgan fingerprint density at radius 3 is 2.59 bits per heavy atom. The Kier molecular flexibility index (Phi) is 5.99. The molecule has 0 radical (unpaired) electrons. The van der Waals surface area contributed by atoms with Crippen LogP contribution in [-0.4, -0.2) is 36.3 Å². The molecular formula is C18H26N2O2. The summed E-state index contributed by atoms with van der Waals surface area (Å²) in [5.41, 5.74) is 2.91. The number of hydrogen-bond donors (Lipinski definition) is 1. The highest BCUT2D eigenvalue weighted by molar-refractivity contribution is 5.94. The summed E-state index contributed by atoms with van der Waals surface area (Å²) in [6, 6.07) is 5.86. The standard InChI is InChI=1S/C18H26N2O2/c1-14-11-15(2)13-16(12-14)18(22)19-8-6-10-20-9-5-3-4-7-17(20)21/h11-13H,3-10H2,1-2H3,(H,19,22). The fourth-order valence-corrected chi connectivity index (χ4v) is 2.95. The number of carbonyl (C=O) groups is 2. The van der Waals surface area contributed by atoms with Gasteiger partial charge in [-0.2, -0.15) is 0 Å². The zero-order valence-corrected chi connectivity index (χ0v) is 13.7. The summed E-state index contributed by atoms with van der Waals surface area (Å²) >= 11 is 0. The highest BCUT2D eigenvalue weighted by Gasteiger charge is 2.15. The second-order valence-electron chi connectivity index (χ2n) is 6.18. The van der Waals surface area contributed by atoms with Gasteiger partial charge in [-0.05, 0) is 45.2 Å². The Morgan fingerprint density at radius 2 is 1.86 bits per heavy atom. The van der Waals surface area contributed by atoms with Crippen LogP contribution < -0.4 is 5.32 Å². The van der Waals surface area contributed by atoms with Crippen LogP contribution in [0.2, 0.25) is 0 Å². The van der Waals surface area contributed by atoms with Crippen LogP contribution in [0.15, 0.2) is 18.2 Å². The van der Waals surface area contributed by atoms with E-state index in [0.29, 0.717) is 18.5 Å². The van der Waals surface area contributed by atoms with Crippen molar-refractivity contribution in [2.45, 2.75) is 46.0 Å². The monoisotopic (exact) mass is 302 g/mol. The van der Waals surface area contributed by atoms with Crippen LogP contribution in [0.25, 0.3) is 0 Å². The van der Waals surface area contributed by atoms with Gasteiger partial charge in [0.15, 0.2) is 0 Å². The zero-order chi connectivity index (χ0) is 15.9. The topological polar surface area (TPSA) is 49.4 Å². The SMILES string of the molecule is Cc1cc(C)cc(C(=O)NCCCN2CCCCCC2=O)c1. The van der Waals surface area contributed by atoms with E-state index in [0.717, 1.165) is 49.9 Å². The molecule has 0 aromatic heterocycles. The predicted molar refractivity (Wildman–Crippen MR) is 87.9 cm³/mol. The third kappa shape index (κ3) is 4.86. The first-order valence-electron chi connectivity index (χ1n) is 8.20. The molecule has 1 aliphatic heterocycles. The average molecular weight is 302 g/mol. The predicted octanol–water partition coefficient (Wildman–Crippen LogP) is 2.83. The molecule has 0 saturated carbocycles. The molecule has 22 heavy (non-hydrogen) atoms. The molecule has 2 rings (SSSR count). The van der Waals surface area contributed by atoms with Crippen molar-refractivity contribution < 1.29 is 9.59 Å². The molecule has 2 amide bonds. The average Bonchev–Trinajstić information content (AvgIpc) is 2.67. The fraction of sp³-hybridized carbons (Fsp3) is 0.556. The number of rotatable bonds is 5. The highest BCUT2D eigenvalue weighted by atomic mass is 16.2. The minimum Gasteiger partial charge on any atom is -0.352 e. The first kappa shape index (κ1) is 16.5. The van der Waals surface area contributed by atoms with Gasteiger partial charge in [0.25, 0.3) is 5.91 Å². The Morgan fingerprint density at radius 1 is 1.14 bits per heavy atom. The summed E-state index contributed by atoms with van der Waals surface area (Å²) < 4.78 is 0. The van der Waals surface area contributed by atoms with Crippen LogP contribution in [0.3, 0.4) is 0 Å². The fourth-order valence-electron chi connectivity index (χ4n) is 2.95. The summed E-state index contributed by atoms with van der Waals surface area (Å²) in [4.78, 5) is 25.9. The lowest BCUT2D eigenvalue weighted by Gasteiger charge is -2.20.